The lowest BCUT2D eigenvalue weighted by Crippen LogP contribution is -2.28. The number of fused-ring (bicyclic) bond motifs is 1. The van der Waals surface area contributed by atoms with Gasteiger partial charge in [0.1, 0.15) is 5.02 Å². The van der Waals surface area contributed by atoms with Crippen LogP contribution in [0.1, 0.15) is 18.4 Å². The third-order valence-electron chi connectivity index (χ3n) is 5.15. The molecule has 1 fully saturated rings. The lowest BCUT2D eigenvalue weighted by molar-refractivity contribution is -0.137. The van der Waals surface area contributed by atoms with Gasteiger partial charge in [-0.1, -0.05) is 23.8 Å². The molecular weight excluding hydrogens is 381 g/mol. The summed E-state index contributed by atoms with van der Waals surface area (Å²) in [4.78, 5) is 18.4. The van der Waals surface area contributed by atoms with Crippen molar-refractivity contribution in [2.75, 3.05) is 18.0 Å². The predicted molar refractivity (Wildman–Crippen MR) is 95.2 cm³/mol. The number of allylic oxidation sites excluding steroid dienone is 2. The van der Waals surface area contributed by atoms with E-state index in [9.17, 15) is 18.0 Å². The van der Waals surface area contributed by atoms with Crippen molar-refractivity contribution >= 4 is 17.3 Å². The molecule has 1 aliphatic carbocycles. The highest BCUT2D eigenvalue weighted by atomic mass is 35.5. The molecule has 2 aromatic heterocycles. The minimum absolute atomic E-state index is 0.00157. The number of pyridine rings is 1. The molecule has 1 saturated heterocycles. The molecule has 2 unspecified atom stereocenters. The molecule has 27 heavy (non-hydrogen) atoms. The molecule has 142 valence electrons. The van der Waals surface area contributed by atoms with Crippen molar-refractivity contribution in [2.45, 2.75) is 19.0 Å². The van der Waals surface area contributed by atoms with Crippen molar-refractivity contribution in [1.82, 2.24) is 14.8 Å². The maximum absolute atomic E-state index is 12.7. The smallest absolute Gasteiger partial charge is 0.368 e. The Kier molecular flexibility index (Phi) is 4.46. The number of nitrogens with zero attached hydrogens (tertiary/aromatic N) is 4. The second kappa shape index (κ2) is 6.67. The number of anilines is 1. The number of alkyl halides is 3. The van der Waals surface area contributed by atoms with Crippen LogP contribution in [0.25, 0.3) is 5.82 Å². The highest BCUT2D eigenvalue weighted by Gasteiger charge is 2.34. The van der Waals surface area contributed by atoms with Gasteiger partial charge in [-0.25, -0.2) is 4.98 Å². The normalized spacial score (nSPS) is 22.1. The summed E-state index contributed by atoms with van der Waals surface area (Å²) in [6.07, 6.45) is 4.04. The third-order valence-corrected chi connectivity index (χ3v) is 5.51. The van der Waals surface area contributed by atoms with E-state index in [0.29, 0.717) is 23.7 Å². The second-order valence-corrected chi connectivity index (χ2v) is 7.21. The van der Waals surface area contributed by atoms with Crippen LogP contribution in [0.3, 0.4) is 0 Å². The van der Waals surface area contributed by atoms with E-state index in [1.54, 1.807) is 0 Å². The second-order valence-electron chi connectivity index (χ2n) is 6.83. The molecule has 2 atom stereocenters. The SMILES string of the molecule is O=c1c(Cl)c(N2CC3CC=CCC3C2)cnn1-c1ccc(C(F)(F)F)cn1. The Morgan fingerprint density at radius 3 is 2.30 bits per heavy atom. The molecule has 5 nitrogen and oxygen atoms in total. The molecule has 0 aromatic carbocycles. The average Bonchev–Trinajstić information content (AvgIpc) is 3.07. The van der Waals surface area contributed by atoms with Crippen LogP contribution in [-0.2, 0) is 6.18 Å². The van der Waals surface area contributed by atoms with E-state index < -0.39 is 17.3 Å². The largest absolute Gasteiger partial charge is 0.417 e. The first-order valence-corrected chi connectivity index (χ1v) is 8.94. The molecule has 3 heterocycles. The van der Waals surface area contributed by atoms with E-state index >= 15 is 0 Å². The topological polar surface area (TPSA) is 51.0 Å². The Hall–Kier alpha value is -2.35. The fourth-order valence-electron chi connectivity index (χ4n) is 3.70. The van der Waals surface area contributed by atoms with E-state index in [2.05, 4.69) is 27.1 Å². The molecule has 0 bridgehead atoms. The highest BCUT2D eigenvalue weighted by molar-refractivity contribution is 6.33. The van der Waals surface area contributed by atoms with Crippen molar-refractivity contribution in [3.05, 3.63) is 57.6 Å². The van der Waals surface area contributed by atoms with Gasteiger partial charge in [-0.05, 0) is 36.8 Å². The van der Waals surface area contributed by atoms with Gasteiger partial charge < -0.3 is 4.90 Å². The van der Waals surface area contributed by atoms with Crippen molar-refractivity contribution in [2.24, 2.45) is 11.8 Å². The molecule has 1 aliphatic heterocycles. The Bertz CT molecular complexity index is 923. The fourth-order valence-corrected chi connectivity index (χ4v) is 3.95. The maximum Gasteiger partial charge on any atom is 0.417 e. The number of rotatable bonds is 2. The van der Waals surface area contributed by atoms with Crippen LogP contribution in [0.4, 0.5) is 18.9 Å². The van der Waals surface area contributed by atoms with E-state index in [1.807, 2.05) is 0 Å². The molecular formula is C18H16ClF3N4O. The minimum atomic E-state index is -4.49. The Morgan fingerprint density at radius 1 is 1.07 bits per heavy atom. The number of hydrogen-bond acceptors (Lipinski definition) is 4. The van der Waals surface area contributed by atoms with Crippen LogP contribution in [0.2, 0.25) is 5.02 Å². The molecule has 9 heteroatoms. The van der Waals surface area contributed by atoms with Gasteiger partial charge in [0, 0.05) is 19.3 Å². The van der Waals surface area contributed by atoms with Gasteiger partial charge in [0.05, 0.1) is 17.4 Å². The zero-order valence-electron chi connectivity index (χ0n) is 14.2. The van der Waals surface area contributed by atoms with Gasteiger partial charge in [-0.3, -0.25) is 4.79 Å². The summed E-state index contributed by atoms with van der Waals surface area (Å²) in [5.41, 5.74) is -0.941. The lowest BCUT2D eigenvalue weighted by atomic mass is 9.86. The predicted octanol–water partition coefficient (Wildman–Crippen LogP) is 3.70. The summed E-state index contributed by atoms with van der Waals surface area (Å²) in [7, 11) is 0. The van der Waals surface area contributed by atoms with Crippen molar-refractivity contribution in [1.29, 1.82) is 0 Å². The minimum Gasteiger partial charge on any atom is -0.368 e. The van der Waals surface area contributed by atoms with Crippen LogP contribution >= 0.6 is 11.6 Å². The van der Waals surface area contributed by atoms with Gasteiger partial charge in [0.15, 0.2) is 5.82 Å². The van der Waals surface area contributed by atoms with Crippen LogP contribution < -0.4 is 10.5 Å². The Labute approximate surface area is 158 Å². The maximum atomic E-state index is 12.7. The van der Waals surface area contributed by atoms with E-state index in [1.165, 1.54) is 6.20 Å². The number of aromatic nitrogens is 3. The first-order valence-electron chi connectivity index (χ1n) is 8.56. The molecule has 4 rings (SSSR count). The third kappa shape index (κ3) is 3.34. The summed E-state index contributed by atoms with van der Waals surface area (Å²) in [5.74, 6) is 1.05. The first kappa shape index (κ1) is 18.0. The van der Waals surface area contributed by atoms with Gasteiger partial charge in [0.2, 0.25) is 0 Å². The molecule has 0 spiro atoms. The van der Waals surface area contributed by atoms with Crippen LogP contribution in [-0.4, -0.2) is 27.9 Å². The summed E-state index contributed by atoms with van der Waals surface area (Å²) in [6, 6.07) is 1.96. The average molecular weight is 397 g/mol. The molecule has 2 aliphatic rings. The number of halogens is 4. The standard InChI is InChI=1S/C18H16ClF3N4O/c19-16-14(25-9-11-3-1-2-4-12(11)10-25)8-24-26(17(16)27)15-6-5-13(7-23-15)18(20,21)22/h1-2,5-8,11-12H,3-4,9-10H2. The molecule has 0 radical (unpaired) electrons. The van der Waals surface area contributed by atoms with Gasteiger partial charge in [-0.15, -0.1) is 0 Å². The van der Waals surface area contributed by atoms with Crippen LogP contribution in [0.15, 0.2) is 41.5 Å². The van der Waals surface area contributed by atoms with Crippen molar-refractivity contribution in [3.8, 4) is 5.82 Å². The zero-order chi connectivity index (χ0) is 19.2. The first-order chi connectivity index (χ1) is 12.8. The fraction of sp³-hybridized carbons (Fsp3) is 0.389. The summed E-state index contributed by atoms with van der Waals surface area (Å²) in [5, 5.41) is 4.08. The van der Waals surface area contributed by atoms with E-state index in [0.717, 1.165) is 42.7 Å². The van der Waals surface area contributed by atoms with Gasteiger partial charge in [0.25, 0.3) is 5.56 Å². The van der Waals surface area contributed by atoms with E-state index in [-0.39, 0.29) is 10.8 Å². The molecule has 0 amide bonds. The van der Waals surface area contributed by atoms with Crippen molar-refractivity contribution < 1.29 is 13.2 Å². The van der Waals surface area contributed by atoms with Crippen LogP contribution in [0.5, 0.6) is 0 Å². The Balaban J connectivity index is 1.62. The summed E-state index contributed by atoms with van der Waals surface area (Å²) < 4.78 is 38.9. The van der Waals surface area contributed by atoms with Gasteiger partial charge in [-0.2, -0.15) is 23.0 Å². The Morgan fingerprint density at radius 2 is 1.74 bits per heavy atom. The summed E-state index contributed by atoms with van der Waals surface area (Å²) >= 11 is 6.29. The molecule has 0 saturated carbocycles. The lowest BCUT2D eigenvalue weighted by Gasteiger charge is -2.19. The molecule has 2 aromatic rings. The van der Waals surface area contributed by atoms with E-state index in [4.69, 9.17) is 11.6 Å². The van der Waals surface area contributed by atoms with Crippen LogP contribution in [0, 0.1) is 11.8 Å². The monoisotopic (exact) mass is 396 g/mol. The molecule has 0 N–H and O–H groups in total. The van der Waals surface area contributed by atoms with Crippen molar-refractivity contribution in [3.63, 3.8) is 0 Å². The highest BCUT2D eigenvalue weighted by Crippen LogP contribution is 2.36. The summed E-state index contributed by atoms with van der Waals surface area (Å²) in [6.45, 7) is 1.61. The quantitative estimate of drug-likeness (QED) is 0.726. The zero-order valence-corrected chi connectivity index (χ0v) is 14.9. The number of hydrogen-bond donors (Lipinski definition) is 0. The van der Waals surface area contributed by atoms with Gasteiger partial charge >= 0.3 is 6.18 Å².